The number of rotatable bonds is 6. The molecule has 2 unspecified atom stereocenters. The van der Waals surface area contributed by atoms with Gasteiger partial charge >= 0.3 is 5.97 Å². The fourth-order valence-corrected chi connectivity index (χ4v) is 6.81. The maximum Gasteiger partial charge on any atom is 0.310 e. The topological polar surface area (TPSA) is 26.3 Å². The predicted molar refractivity (Wildman–Crippen MR) is 118 cm³/mol. The first-order valence-corrected chi connectivity index (χ1v) is 11.9. The first kappa shape index (κ1) is 18.3. The van der Waals surface area contributed by atoms with Gasteiger partial charge in [-0.2, -0.15) is 0 Å². The summed E-state index contributed by atoms with van der Waals surface area (Å²) in [5, 5.41) is 3.13. The van der Waals surface area contributed by atoms with Crippen molar-refractivity contribution in [2.24, 2.45) is 5.92 Å². The number of carbonyl (C=O) groups excluding carboxylic acids is 1. The normalized spacial score (nSPS) is 21.5. The van der Waals surface area contributed by atoms with Crippen molar-refractivity contribution in [2.45, 2.75) is 48.0 Å². The summed E-state index contributed by atoms with van der Waals surface area (Å²) in [7, 11) is 0. The van der Waals surface area contributed by atoms with Gasteiger partial charge in [-0.05, 0) is 72.6 Å². The van der Waals surface area contributed by atoms with E-state index in [4.69, 9.17) is 4.74 Å². The molecule has 2 aliphatic carbocycles. The minimum atomic E-state index is -0.0234. The van der Waals surface area contributed by atoms with Crippen LogP contribution in [-0.4, -0.2) is 17.8 Å². The number of hydrogen-bond donors (Lipinski definition) is 0. The summed E-state index contributed by atoms with van der Waals surface area (Å²) in [5.41, 5.74) is 2.84. The fourth-order valence-electron chi connectivity index (χ4n) is 4.09. The van der Waals surface area contributed by atoms with Crippen LogP contribution in [0.1, 0.15) is 44.1 Å². The van der Waals surface area contributed by atoms with E-state index < -0.39 is 0 Å². The van der Waals surface area contributed by atoms with Gasteiger partial charge in [0.15, 0.2) is 0 Å². The number of hydrogen-bond acceptors (Lipinski definition) is 4. The quantitative estimate of drug-likeness (QED) is 0.416. The molecule has 0 saturated heterocycles. The Labute approximate surface area is 174 Å². The van der Waals surface area contributed by atoms with Crippen LogP contribution in [0, 0.1) is 5.92 Å². The molecule has 3 aromatic rings. The minimum Gasteiger partial charge on any atom is -0.466 e. The largest absolute Gasteiger partial charge is 0.466 e. The van der Waals surface area contributed by atoms with Gasteiger partial charge in [-0.3, -0.25) is 4.79 Å². The van der Waals surface area contributed by atoms with Gasteiger partial charge in [0.2, 0.25) is 0 Å². The van der Waals surface area contributed by atoms with Crippen molar-refractivity contribution < 1.29 is 9.53 Å². The Balaban J connectivity index is 1.40. The molecule has 2 saturated carbocycles. The molecule has 2 nitrogen and oxygen atoms in total. The molecule has 4 heteroatoms. The Morgan fingerprint density at radius 3 is 2.57 bits per heavy atom. The second kappa shape index (κ2) is 7.57. The van der Waals surface area contributed by atoms with Gasteiger partial charge in [0, 0.05) is 10.1 Å². The second-order valence-corrected chi connectivity index (χ2v) is 10.4. The van der Waals surface area contributed by atoms with Gasteiger partial charge in [-0.25, -0.2) is 0 Å². The lowest BCUT2D eigenvalue weighted by Crippen LogP contribution is -2.36. The summed E-state index contributed by atoms with van der Waals surface area (Å²) in [6.45, 7) is 2.35. The van der Waals surface area contributed by atoms with Gasteiger partial charge in [0.1, 0.15) is 0 Å². The molecule has 0 aliphatic heterocycles. The van der Waals surface area contributed by atoms with E-state index in [1.165, 1.54) is 43.8 Å². The zero-order chi connectivity index (χ0) is 19.1. The van der Waals surface area contributed by atoms with Crippen molar-refractivity contribution in [3.63, 3.8) is 0 Å². The molecule has 2 aromatic carbocycles. The molecule has 5 rings (SSSR count). The highest BCUT2D eigenvalue weighted by Crippen LogP contribution is 2.48. The summed E-state index contributed by atoms with van der Waals surface area (Å²) in [4.78, 5) is 13.4. The lowest BCUT2D eigenvalue weighted by Gasteiger charge is -2.33. The SMILES string of the molecule is CCOC(=O)C1CCC1Sc1ccc(-c2ccc(C3CC3)c3ccccc23)s1. The molecule has 0 amide bonds. The lowest BCUT2D eigenvalue weighted by atomic mass is 9.85. The van der Waals surface area contributed by atoms with E-state index in [2.05, 4.69) is 48.5 Å². The number of carbonyl (C=O) groups is 1. The fraction of sp³-hybridized carbons (Fsp3) is 0.375. The highest BCUT2D eigenvalue weighted by molar-refractivity contribution is 8.01. The molecule has 2 aliphatic rings. The van der Waals surface area contributed by atoms with Crippen LogP contribution >= 0.6 is 23.1 Å². The van der Waals surface area contributed by atoms with Crippen LogP contribution in [-0.2, 0) is 9.53 Å². The van der Waals surface area contributed by atoms with Crippen molar-refractivity contribution in [3.8, 4) is 10.4 Å². The summed E-state index contributed by atoms with van der Waals surface area (Å²) in [6.07, 6.45) is 4.71. The highest BCUT2D eigenvalue weighted by atomic mass is 32.2. The number of ether oxygens (including phenoxy) is 1. The Morgan fingerprint density at radius 1 is 1.04 bits per heavy atom. The number of benzene rings is 2. The van der Waals surface area contributed by atoms with Gasteiger partial charge in [0.25, 0.3) is 0 Å². The maximum atomic E-state index is 12.1. The Kier molecular flexibility index (Phi) is 4.93. The van der Waals surface area contributed by atoms with Crippen molar-refractivity contribution in [3.05, 3.63) is 54.1 Å². The van der Waals surface area contributed by atoms with Crippen molar-refractivity contribution >= 4 is 39.8 Å². The number of thioether (sulfide) groups is 1. The van der Waals surface area contributed by atoms with Crippen molar-refractivity contribution in [2.75, 3.05) is 6.61 Å². The standard InChI is InChI=1S/C24H24O2S2/c1-2-26-24(25)20-11-12-22(20)28-23-14-13-21(27-23)19-10-9-16(15-7-8-15)17-5-3-4-6-18(17)19/h3-6,9-10,13-15,20,22H,2,7-8,11-12H2,1H3. The van der Waals surface area contributed by atoms with Gasteiger partial charge in [-0.1, -0.05) is 36.4 Å². The Hall–Kier alpha value is -1.78. The van der Waals surface area contributed by atoms with Gasteiger partial charge in [-0.15, -0.1) is 23.1 Å². The molecule has 1 heterocycles. The summed E-state index contributed by atoms with van der Waals surface area (Å²) in [5.74, 6) is 0.797. The monoisotopic (exact) mass is 408 g/mol. The third-order valence-corrected chi connectivity index (χ3v) is 8.58. The molecular formula is C24H24O2S2. The molecule has 28 heavy (non-hydrogen) atoms. The van der Waals surface area contributed by atoms with Crippen LogP contribution in [0.15, 0.2) is 52.7 Å². The molecular weight excluding hydrogens is 384 g/mol. The molecule has 1 aromatic heterocycles. The second-order valence-electron chi connectivity index (χ2n) is 7.73. The van der Waals surface area contributed by atoms with E-state index >= 15 is 0 Å². The highest BCUT2D eigenvalue weighted by Gasteiger charge is 2.38. The third kappa shape index (κ3) is 3.37. The molecule has 0 bridgehead atoms. The molecule has 0 radical (unpaired) electrons. The number of esters is 1. The smallest absolute Gasteiger partial charge is 0.310 e. The number of fused-ring (bicyclic) bond motifs is 1. The van der Waals surface area contributed by atoms with E-state index in [1.54, 1.807) is 0 Å². The molecule has 0 spiro atoms. The zero-order valence-electron chi connectivity index (χ0n) is 16.0. The molecule has 2 atom stereocenters. The van der Waals surface area contributed by atoms with E-state index in [0.717, 1.165) is 18.8 Å². The molecule has 0 N–H and O–H groups in total. The van der Waals surface area contributed by atoms with Crippen LogP contribution in [0.4, 0.5) is 0 Å². The van der Waals surface area contributed by atoms with Gasteiger partial charge < -0.3 is 4.74 Å². The lowest BCUT2D eigenvalue weighted by molar-refractivity contribution is -0.150. The van der Waals surface area contributed by atoms with E-state index in [0.29, 0.717) is 11.9 Å². The predicted octanol–water partition coefficient (Wildman–Crippen LogP) is 6.88. The van der Waals surface area contributed by atoms with Crippen LogP contribution in [0.3, 0.4) is 0 Å². The van der Waals surface area contributed by atoms with Crippen molar-refractivity contribution in [1.82, 2.24) is 0 Å². The Bertz CT molecular complexity index is 1020. The van der Waals surface area contributed by atoms with E-state index in [-0.39, 0.29) is 11.9 Å². The van der Waals surface area contributed by atoms with Crippen molar-refractivity contribution in [1.29, 1.82) is 0 Å². The van der Waals surface area contributed by atoms with Gasteiger partial charge in [0.05, 0.1) is 16.7 Å². The Morgan fingerprint density at radius 2 is 1.86 bits per heavy atom. The summed E-state index contributed by atoms with van der Waals surface area (Å²) < 4.78 is 6.52. The first-order chi connectivity index (χ1) is 13.7. The minimum absolute atomic E-state index is 0.0234. The van der Waals surface area contributed by atoms with Crippen LogP contribution in [0.25, 0.3) is 21.2 Å². The summed E-state index contributed by atoms with van der Waals surface area (Å²) in [6, 6.07) is 17.9. The first-order valence-electron chi connectivity index (χ1n) is 10.2. The summed E-state index contributed by atoms with van der Waals surface area (Å²) >= 11 is 3.70. The average Bonchev–Trinajstić information content (AvgIpc) is 3.42. The molecule has 144 valence electrons. The van der Waals surface area contributed by atoms with Crippen LogP contribution in [0.5, 0.6) is 0 Å². The van der Waals surface area contributed by atoms with Crippen LogP contribution in [0.2, 0.25) is 0 Å². The number of thiophene rings is 1. The third-order valence-electron chi connectivity index (χ3n) is 5.89. The maximum absolute atomic E-state index is 12.1. The van der Waals surface area contributed by atoms with Crippen LogP contribution < -0.4 is 0 Å². The average molecular weight is 409 g/mol. The molecule has 2 fully saturated rings. The zero-order valence-corrected chi connectivity index (χ0v) is 17.7. The van der Waals surface area contributed by atoms with E-state index in [1.807, 2.05) is 30.0 Å². The van der Waals surface area contributed by atoms with E-state index in [9.17, 15) is 4.79 Å².